The molecule has 4 nitrogen and oxygen atoms in total. The Hall–Kier alpha value is -1.50. The highest BCUT2D eigenvalue weighted by atomic mass is 19.4. The van der Waals surface area contributed by atoms with Gasteiger partial charge in [-0.05, 0) is 13.0 Å². The molecule has 1 saturated heterocycles. The molecule has 1 fully saturated rings. The molecule has 0 radical (unpaired) electrons. The first-order chi connectivity index (χ1) is 9.50. The van der Waals surface area contributed by atoms with Crippen molar-refractivity contribution in [1.82, 2.24) is 10.3 Å². The minimum absolute atomic E-state index is 0.278. The number of rotatable bonds is 1. The topological polar surface area (TPSA) is 31.4 Å². The van der Waals surface area contributed by atoms with Gasteiger partial charge in [-0.1, -0.05) is 0 Å². The number of aromatic nitrogens is 1. The van der Waals surface area contributed by atoms with Gasteiger partial charge in [0.1, 0.15) is 0 Å². The van der Waals surface area contributed by atoms with Crippen LogP contribution in [0.5, 0.6) is 0 Å². The van der Waals surface area contributed by atoms with E-state index in [2.05, 4.69) is 15.2 Å². The van der Waals surface area contributed by atoms with Crippen LogP contribution in [0.2, 0.25) is 0 Å². The predicted molar refractivity (Wildman–Crippen MR) is 71.1 cm³/mol. The first-order valence-electron chi connectivity index (χ1n) is 6.80. The smallest absolute Gasteiger partial charge is 0.367 e. The summed E-state index contributed by atoms with van der Waals surface area (Å²) in [7, 11) is 0. The first-order valence-corrected chi connectivity index (χ1v) is 6.80. The van der Waals surface area contributed by atoms with Gasteiger partial charge in [0.2, 0.25) is 0 Å². The largest absolute Gasteiger partial charge is 0.417 e. The van der Waals surface area contributed by atoms with Crippen LogP contribution in [-0.4, -0.2) is 43.7 Å². The molecule has 7 heteroatoms. The van der Waals surface area contributed by atoms with Gasteiger partial charge in [-0.3, -0.25) is 0 Å². The standard InChI is InChI=1S/C13H17F3N4/c1-2-19-8-10-7-17-3-4-20(10)12-11(19)5-9(6-18-12)13(14,15)16/h5-6,10,17H,2-4,7-8H2,1H3/t10-/m1/s1. The minimum atomic E-state index is -4.35. The Morgan fingerprint density at radius 1 is 1.45 bits per heavy atom. The molecule has 0 spiro atoms. The Morgan fingerprint density at radius 3 is 2.95 bits per heavy atom. The van der Waals surface area contributed by atoms with Gasteiger partial charge in [-0.2, -0.15) is 13.2 Å². The Bertz CT molecular complexity index is 503. The molecule has 0 unspecified atom stereocenters. The maximum Gasteiger partial charge on any atom is 0.417 e. The minimum Gasteiger partial charge on any atom is -0.367 e. The summed E-state index contributed by atoms with van der Waals surface area (Å²) in [4.78, 5) is 8.21. The number of alkyl halides is 3. The van der Waals surface area contributed by atoms with Crippen molar-refractivity contribution < 1.29 is 13.2 Å². The zero-order valence-electron chi connectivity index (χ0n) is 11.2. The lowest BCUT2D eigenvalue weighted by Gasteiger charge is -2.46. The molecule has 0 aromatic carbocycles. The normalized spacial score (nSPS) is 22.5. The van der Waals surface area contributed by atoms with E-state index in [9.17, 15) is 13.2 Å². The van der Waals surface area contributed by atoms with E-state index in [1.54, 1.807) is 0 Å². The molecule has 0 bridgehead atoms. The Kier molecular flexibility index (Phi) is 3.24. The van der Waals surface area contributed by atoms with E-state index in [0.29, 0.717) is 18.1 Å². The van der Waals surface area contributed by atoms with E-state index < -0.39 is 11.7 Å². The van der Waals surface area contributed by atoms with Crippen LogP contribution in [0, 0.1) is 0 Å². The van der Waals surface area contributed by atoms with Crippen LogP contribution in [0.1, 0.15) is 12.5 Å². The van der Waals surface area contributed by atoms with Crippen LogP contribution in [-0.2, 0) is 6.18 Å². The monoisotopic (exact) mass is 286 g/mol. The summed E-state index contributed by atoms with van der Waals surface area (Å²) in [6.07, 6.45) is -3.40. The highest BCUT2D eigenvalue weighted by Gasteiger charge is 2.37. The zero-order valence-corrected chi connectivity index (χ0v) is 11.2. The molecule has 1 aromatic heterocycles. The summed E-state index contributed by atoms with van der Waals surface area (Å²) >= 11 is 0. The van der Waals surface area contributed by atoms with E-state index in [4.69, 9.17) is 0 Å². The van der Waals surface area contributed by atoms with Crippen LogP contribution >= 0.6 is 0 Å². The quantitative estimate of drug-likeness (QED) is 0.852. The van der Waals surface area contributed by atoms with Crippen molar-refractivity contribution in [2.75, 3.05) is 42.5 Å². The van der Waals surface area contributed by atoms with Crippen molar-refractivity contribution in [2.45, 2.75) is 19.1 Å². The molecule has 0 aliphatic carbocycles. The summed E-state index contributed by atoms with van der Waals surface area (Å²) in [5.74, 6) is 0.678. The van der Waals surface area contributed by atoms with E-state index in [0.717, 1.165) is 32.4 Å². The SMILES string of the molecule is CCN1C[C@H]2CNCCN2c2ncc(C(F)(F)F)cc21. The molecule has 1 aromatic rings. The van der Waals surface area contributed by atoms with Gasteiger partial charge < -0.3 is 15.1 Å². The van der Waals surface area contributed by atoms with E-state index in [1.165, 1.54) is 6.07 Å². The second-order valence-electron chi connectivity index (χ2n) is 5.15. The number of piperazine rings is 1. The fraction of sp³-hybridized carbons (Fsp3) is 0.615. The van der Waals surface area contributed by atoms with Crippen molar-refractivity contribution in [3.8, 4) is 0 Å². The summed E-state index contributed by atoms with van der Waals surface area (Å²) in [5.41, 5.74) is -0.0799. The number of fused-ring (bicyclic) bond motifs is 3. The molecule has 2 aliphatic heterocycles. The van der Waals surface area contributed by atoms with E-state index in [1.807, 2.05) is 11.8 Å². The van der Waals surface area contributed by atoms with Gasteiger partial charge in [-0.15, -0.1) is 0 Å². The highest BCUT2D eigenvalue weighted by Crippen LogP contribution is 2.38. The first kappa shape index (κ1) is 13.5. The molecule has 0 amide bonds. The van der Waals surface area contributed by atoms with E-state index >= 15 is 0 Å². The van der Waals surface area contributed by atoms with Gasteiger partial charge in [-0.25, -0.2) is 4.98 Å². The third-order valence-corrected chi connectivity index (χ3v) is 3.95. The number of hydrogen-bond acceptors (Lipinski definition) is 4. The second kappa shape index (κ2) is 4.80. The lowest BCUT2D eigenvalue weighted by molar-refractivity contribution is -0.137. The highest BCUT2D eigenvalue weighted by molar-refractivity contribution is 5.71. The fourth-order valence-electron chi connectivity index (χ4n) is 2.91. The average Bonchev–Trinajstić information content (AvgIpc) is 2.44. The third kappa shape index (κ3) is 2.19. The summed E-state index contributed by atoms with van der Waals surface area (Å²) in [6, 6.07) is 1.50. The maximum atomic E-state index is 12.8. The molecule has 0 saturated carbocycles. The van der Waals surface area contributed by atoms with Crippen molar-refractivity contribution in [1.29, 1.82) is 0 Å². The van der Waals surface area contributed by atoms with Crippen molar-refractivity contribution >= 4 is 11.5 Å². The number of nitrogens with zero attached hydrogens (tertiary/aromatic N) is 3. The van der Waals surface area contributed by atoms with Gasteiger partial charge in [0, 0.05) is 38.9 Å². The van der Waals surface area contributed by atoms with Crippen molar-refractivity contribution in [3.63, 3.8) is 0 Å². The number of hydrogen-bond donors (Lipinski definition) is 1. The number of halogens is 3. The maximum absolute atomic E-state index is 12.8. The number of anilines is 2. The summed E-state index contributed by atoms with van der Waals surface area (Å²) in [6.45, 7) is 5.84. The molecule has 3 heterocycles. The number of pyridine rings is 1. The zero-order chi connectivity index (χ0) is 14.3. The van der Waals surface area contributed by atoms with Crippen LogP contribution in [0.4, 0.5) is 24.7 Å². The molecular weight excluding hydrogens is 269 g/mol. The number of nitrogens with one attached hydrogen (secondary N) is 1. The summed E-state index contributed by atoms with van der Waals surface area (Å²) < 4.78 is 38.5. The molecular formula is C13H17F3N4. The third-order valence-electron chi connectivity index (χ3n) is 3.95. The molecule has 20 heavy (non-hydrogen) atoms. The Morgan fingerprint density at radius 2 is 2.25 bits per heavy atom. The molecule has 3 rings (SSSR count). The van der Waals surface area contributed by atoms with Gasteiger partial charge in [0.15, 0.2) is 5.82 Å². The average molecular weight is 286 g/mol. The van der Waals surface area contributed by atoms with Crippen molar-refractivity contribution in [3.05, 3.63) is 17.8 Å². The van der Waals surface area contributed by atoms with Crippen LogP contribution in [0.3, 0.4) is 0 Å². The Balaban J connectivity index is 2.04. The molecule has 110 valence electrons. The molecule has 1 N–H and O–H groups in total. The van der Waals surface area contributed by atoms with Gasteiger partial charge in [0.05, 0.1) is 17.3 Å². The predicted octanol–water partition coefficient (Wildman–Crippen LogP) is 1.72. The lowest BCUT2D eigenvalue weighted by atomic mass is 10.1. The second-order valence-corrected chi connectivity index (χ2v) is 5.15. The molecule has 2 aliphatic rings. The lowest BCUT2D eigenvalue weighted by Crippen LogP contribution is -2.59. The summed E-state index contributed by atoms with van der Waals surface area (Å²) in [5, 5.41) is 3.32. The van der Waals surface area contributed by atoms with Gasteiger partial charge >= 0.3 is 6.18 Å². The van der Waals surface area contributed by atoms with Crippen LogP contribution in [0.15, 0.2) is 12.3 Å². The fourth-order valence-corrected chi connectivity index (χ4v) is 2.91. The van der Waals surface area contributed by atoms with Crippen LogP contribution < -0.4 is 15.1 Å². The van der Waals surface area contributed by atoms with Gasteiger partial charge in [0.25, 0.3) is 0 Å². The van der Waals surface area contributed by atoms with Crippen LogP contribution in [0.25, 0.3) is 0 Å². The van der Waals surface area contributed by atoms with E-state index in [-0.39, 0.29) is 6.04 Å². The number of likely N-dealkylation sites (N-methyl/N-ethyl adjacent to an activating group) is 1. The Labute approximate surface area is 115 Å². The molecule has 1 atom stereocenters. The van der Waals surface area contributed by atoms with Crippen molar-refractivity contribution in [2.24, 2.45) is 0 Å².